The van der Waals surface area contributed by atoms with Gasteiger partial charge in [0.05, 0.1) is 11.8 Å². The summed E-state index contributed by atoms with van der Waals surface area (Å²) in [6.07, 6.45) is 4.52. The zero-order valence-corrected chi connectivity index (χ0v) is 14.1. The van der Waals surface area contributed by atoms with E-state index in [1.165, 1.54) is 0 Å². The molecule has 0 saturated carbocycles. The first-order chi connectivity index (χ1) is 12.9. The number of hydrogen-bond donors (Lipinski definition) is 1. The summed E-state index contributed by atoms with van der Waals surface area (Å²) >= 11 is 0. The molecular weight excluding hydrogens is 362 g/mol. The summed E-state index contributed by atoms with van der Waals surface area (Å²) in [7, 11) is 0. The Labute approximate surface area is 153 Å². The summed E-state index contributed by atoms with van der Waals surface area (Å²) < 4.78 is 31.6. The van der Waals surface area contributed by atoms with Crippen molar-refractivity contribution in [3.8, 4) is 0 Å². The van der Waals surface area contributed by atoms with Crippen molar-refractivity contribution in [2.24, 2.45) is 11.8 Å². The summed E-state index contributed by atoms with van der Waals surface area (Å²) in [4.78, 5) is 48.9. The number of likely N-dealkylation sites (tertiary alicyclic amines) is 1. The Balaban J connectivity index is 1.52. The van der Waals surface area contributed by atoms with Gasteiger partial charge < -0.3 is 10.1 Å². The molecule has 1 heterocycles. The lowest BCUT2D eigenvalue weighted by molar-refractivity contribution is -0.154. The van der Waals surface area contributed by atoms with Crippen LogP contribution in [-0.2, 0) is 23.9 Å². The predicted molar refractivity (Wildman–Crippen MR) is 88.0 cm³/mol. The van der Waals surface area contributed by atoms with Crippen molar-refractivity contribution in [1.82, 2.24) is 4.90 Å². The number of fused-ring (bicyclic) bond motifs is 1. The average Bonchev–Trinajstić information content (AvgIpc) is 2.88. The number of benzene rings is 1. The molecule has 142 valence electrons. The Kier molecular flexibility index (Phi) is 5.29. The number of anilines is 1. The van der Waals surface area contributed by atoms with Gasteiger partial charge in [-0.2, -0.15) is 0 Å². The number of amides is 3. The lowest BCUT2D eigenvalue weighted by Crippen LogP contribution is -2.37. The highest BCUT2D eigenvalue weighted by atomic mass is 19.1. The molecule has 0 radical (unpaired) electrons. The molecule has 1 saturated heterocycles. The molecule has 2 atom stereocenters. The number of para-hydroxylation sites is 1. The van der Waals surface area contributed by atoms with Crippen molar-refractivity contribution in [1.29, 1.82) is 0 Å². The highest BCUT2D eigenvalue weighted by Crippen LogP contribution is 2.34. The van der Waals surface area contributed by atoms with Crippen molar-refractivity contribution in [2.75, 3.05) is 18.5 Å². The Morgan fingerprint density at radius 2 is 1.63 bits per heavy atom. The van der Waals surface area contributed by atoms with Crippen LogP contribution < -0.4 is 5.32 Å². The van der Waals surface area contributed by atoms with Gasteiger partial charge in [0.1, 0.15) is 23.9 Å². The van der Waals surface area contributed by atoms with Crippen molar-refractivity contribution in [3.63, 3.8) is 0 Å². The van der Waals surface area contributed by atoms with Gasteiger partial charge in [-0.1, -0.05) is 18.2 Å². The van der Waals surface area contributed by atoms with Gasteiger partial charge >= 0.3 is 5.97 Å². The first-order valence-corrected chi connectivity index (χ1v) is 8.28. The highest BCUT2D eigenvalue weighted by molar-refractivity contribution is 6.07. The molecule has 3 amide bonds. The fourth-order valence-corrected chi connectivity index (χ4v) is 3.14. The molecule has 27 heavy (non-hydrogen) atoms. The van der Waals surface area contributed by atoms with E-state index < -0.39 is 66.0 Å². The number of carbonyl (C=O) groups is 4. The maximum atomic E-state index is 13.5. The number of nitrogens with one attached hydrogen (secondary N) is 1. The second-order valence-corrected chi connectivity index (χ2v) is 6.22. The van der Waals surface area contributed by atoms with Crippen molar-refractivity contribution < 1.29 is 32.7 Å². The molecule has 0 unspecified atom stereocenters. The van der Waals surface area contributed by atoms with E-state index in [0.717, 1.165) is 23.1 Å². The number of imide groups is 1. The van der Waals surface area contributed by atoms with Gasteiger partial charge in [-0.05, 0) is 25.0 Å². The lowest BCUT2D eigenvalue weighted by atomic mass is 9.85. The molecule has 1 fully saturated rings. The van der Waals surface area contributed by atoms with Gasteiger partial charge in [0.25, 0.3) is 5.91 Å². The standard InChI is InChI=1S/C18H16F2N2O5/c19-12-6-3-7-13(20)16(12)21-14(23)9-27-15(24)8-22-17(25)10-4-1-2-5-11(10)18(22)26/h1-3,6-7,10-11H,4-5,8-9H2,(H,21,23)/t10-,11-/m1/s1. The summed E-state index contributed by atoms with van der Waals surface area (Å²) in [6.45, 7) is -1.41. The highest BCUT2D eigenvalue weighted by Gasteiger charge is 2.47. The first kappa shape index (κ1) is 18.7. The molecule has 3 rings (SSSR count). The smallest absolute Gasteiger partial charge is 0.326 e. The summed E-state index contributed by atoms with van der Waals surface area (Å²) in [6, 6.07) is 3.06. The molecule has 1 aromatic rings. The minimum atomic E-state index is -0.973. The minimum Gasteiger partial charge on any atom is -0.454 e. The van der Waals surface area contributed by atoms with E-state index in [1.54, 1.807) is 0 Å². The molecule has 1 aliphatic heterocycles. The van der Waals surface area contributed by atoms with Crippen LogP contribution in [-0.4, -0.2) is 41.7 Å². The van der Waals surface area contributed by atoms with Crippen LogP contribution in [0.15, 0.2) is 30.4 Å². The third-order valence-electron chi connectivity index (χ3n) is 4.48. The quantitative estimate of drug-likeness (QED) is 0.475. The number of hydrogen-bond acceptors (Lipinski definition) is 5. The zero-order valence-electron chi connectivity index (χ0n) is 14.1. The number of halogens is 2. The van der Waals surface area contributed by atoms with Gasteiger partial charge in [-0.3, -0.25) is 24.1 Å². The van der Waals surface area contributed by atoms with E-state index in [2.05, 4.69) is 0 Å². The zero-order chi connectivity index (χ0) is 19.6. The molecule has 0 bridgehead atoms. The number of rotatable bonds is 5. The number of esters is 1. The summed E-state index contributed by atoms with van der Waals surface area (Å²) in [5, 5.41) is 1.96. The topological polar surface area (TPSA) is 92.8 Å². The second-order valence-electron chi connectivity index (χ2n) is 6.22. The van der Waals surface area contributed by atoms with Gasteiger partial charge in [0, 0.05) is 0 Å². The molecule has 1 aliphatic carbocycles. The fraction of sp³-hybridized carbons (Fsp3) is 0.333. The Hall–Kier alpha value is -3.10. The Morgan fingerprint density at radius 3 is 2.19 bits per heavy atom. The molecule has 7 nitrogen and oxygen atoms in total. The Morgan fingerprint density at radius 1 is 1.07 bits per heavy atom. The van der Waals surface area contributed by atoms with Gasteiger partial charge in [0.15, 0.2) is 6.61 Å². The average molecular weight is 378 g/mol. The predicted octanol–water partition coefficient (Wildman–Crippen LogP) is 1.40. The van der Waals surface area contributed by atoms with Crippen LogP contribution in [0.3, 0.4) is 0 Å². The van der Waals surface area contributed by atoms with E-state index in [-0.39, 0.29) is 0 Å². The normalized spacial score (nSPS) is 21.2. The number of carbonyl (C=O) groups excluding carboxylic acids is 4. The number of allylic oxidation sites excluding steroid dienone is 2. The monoisotopic (exact) mass is 378 g/mol. The third kappa shape index (κ3) is 3.86. The van der Waals surface area contributed by atoms with Crippen molar-refractivity contribution >= 4 is 29.4 Å². The molecule has 1 aromatic carbocycles. The van der Waals surface area contributed by atoms with E-state index in [1.807, 2.05) is 17.5 Å². The van der Waals surface area contributed by atoms with E-state index >= 15 is 0 Å². The minimum absolute atomic E-state index is 0.441. The van der Waals surface area contributed by atoms with Gasteiger partial charge in [-0.25, -0.2) is 8.78 Å². The van der Waals surface area contributed by atoms with Crippen LogP contribution in [0.2, 0.25) is 0 Å². The van der Waals surface area contributed by atoms with Crippen LogP contribution >= 0.6 is 0 Å². The molecule has 2 aliphatic rings. The van der Waals surface area contributed by atoms with Crippen LogP contribution in [0, 0.1) is 23.5 Å². The largest absolute Gasteiger partial charge is 0.454 e. The SMILES string of the molecule is O=C(COC(=O)CN1C(=O)[C@@H]2CC=CC[C@H]2C1=O)Nc1c(F)cccc1F. The van der Waals surface area contributed by atoms with Crippen LogP contribution in [0.5, 0.6) is 0 Å². The molecular formula is C18H16F2N2O5. The molecule has 0 aromatic heterocycles. The summed E-state index contributed by atoms with van der Waals surface area (Å²) in [5.41, 5.74) is -0.653. The van der Waals surface area contributed by atoms with Gasteiger partial charge in [-0.15, -0.1) is 0 Å². The second kappa shape index (κ2) is 7.65. The molecule has 1 N–H and O–H groups in total. The van der Waals surface area contributed by atoms with E-state index in [9.17, 15) is 28.0 Å². The maximum absolute atomic E-state index is 13.5. The fourth-order valence-electron chi connectivity index (χ4n) is 3.14. The van der Waals surface area contributed by atoms with Crippen molar-refractivity contribution in [3.05, 3.63) is 42.0 Å². The van der Waals surface area contributed by atoms with Crippen LogP contribution in [0.4, 0.5) is 14.5 Å². The van der Waals surface area contributed by atoms with Crippen molar-refractivity contribution in [2.45, 2.75) is 12.8 Å². The molecule has 0 spiro atoms. The third-order valence-corrected chi connectivity index (χ3v) is 4.48. The van der Waals surface area contributed by atoms with Crippen LogP contribution in [0.1, 0.15) is 12.8 Å². The number of nitrogens with zero attached hydrogens (tertiary/aromatic N) is 1. The van der Waals surface area contributed by atoms with Gasteiger partial charge in [0.2, 0.25) is 11.8 Å². The maximum Gasteiger partial charge on any atom is 0.326 e. The lowest BCUT2D eigenvalue weighted by Gasteiger charge is -2.14. The number of ether oxygens (including phenoxy) is 1. The van der Waals surface area contributed by atoms with E-state index in [0.29, 0.717) is 12.8 Å². The summed E-state index contributed by atoms with van der Waals surface area (Å²) in [5.74, 6) is -5.69. The van der Waals surface area contributed by atoms with Crippen LogP contribution in [0.25, 0.3) is 0 Å². The molecule has 9 heteroatoms. The Bertz CT molecular complexity index is 793. The first-order valence-electron chi connectivity index (χ1n) is 8.28. The van der Waals surface area contributed by atoms with E-state index in [4.69, 9.17) is 4.74 Å².